The topological polar surface area (TPSA) is 88.4 Å². The third kappa shape index (κ3) is 4.33. The van der Waals surface area contributed by atoms with Crippen molar-refractivity contribution in [3.63, 3.8) is 0 Å². The van der Waals surface area contributed by atoms with Crippen molar-refractivity contribution in [2.45, 2.75) is 25.3 Å². The number of carbonyl (C=O) groups is 1. The van der Waals surface area contributed by atoms with Gasteiger partial charge in [-0.15, -0.1) is 0 Å². The fourth-order valence-electron chi connectivity index (χ4n) is 3.75. The number of carboxylic acid groups (broad SMARTS) is 1. The number of halogens is 2. The van der Waals surface area contributed by atoms with Crippen LogP contribution in [0.25, 0.3) is 22.0 Å². The normalized spacial score (nSPS) is 16.3. The van der Waals surface area contributed by atoms with Gasteiger partial charge in [-0.05, 0) is 36.6 Å². The molecule has 9 heteroatoms. The molecule has 0 amide bonds. The Morgan fingerprint density at radius 1 is 1.27 bits per heavy atom. The molecule has 0 aliphatic carbocycles. The van der Waals surface area contributed by atoms with Gasteiger partial charge in [0.2, 0.25) is 0 Å². The van der Waals surface area contributed by atoms with E-state index in [4.69, 9.17) is 38.0 Å². The van der Waals surface area contributed by atoms with Gasteiger partial charge in [-0.3, -0.25) is 4.79 Å². The highest BCUT2D eigenvalue weighted by atomic mass is 35.5. The molecule has 1 aliphatic heterocycles. The molecule has 1 aliphatic rings. The van der Waals surface area contributed by atoms with Crippen LogP contribution in [0, 0.1) is 0 Å². The lowest BCUT2D eigenvalue weighted by molar-refractivity contribution is -0.138. The minimum absolute atomic E-state index is 0.00571. The lowest BCUT2D eigenvalue weighted by atomic mass is 10.0. The van der Waals surface area contributed by atoms with Crippen molar-refractivity contribution in [1.29, 1.82) is 0 Å². The number of rotatable bonds is 7. The molecule has 1 aromatic carbocycles. The molecule has 2 aromatic heterocycles. The van der Waals surface area contributed by atoms with Crippen LogP contribution in [0.4, 0.5) is 5.82 Å². The van der Waals surface area contributed by atoms with E-state index in [1.165, 1.54) is 0 Å². The Labute approximate surface area is 183 Å². The number of anilines is 1. The van der Waals surface area contributed by atoms with E-state index in [0.717, 1.165) is 41.7 Å². The van der Waals surface area contributed by atoms with Crippen molar-refractivity contribution >= 4 is 45.9 Å². The highest BCUT2D eigenvalue weighted by molar-refractivity contribution is 6.45. The maximum atomic E-state index is 10.7. The van der Waals surface area contributed by atoms with E-state index in [2.05, 4.69) is 15.1 Å². The molecule has 30 heavy (non-hydrogen) atoms. The van der Waals surface area contributed by atoms with E-state index in [9.17, 15) is 4.79 Å². The average molecular weight is 447 g/mol. The Kier molecular flexibility index (Phi) is 6.32. The zero-order valence-electron chi connectivity index (χ0n) is 16.1. The molecular formula is C21H20Cl2N4O3. The van der Waals surface area contributed by atoms with Gasteiger partial charge in [0.15, 0.2) is 0 Å². The van der Waals surface area contributed by atoms with Gasteiger partial charge >= 0.3 is 5.97 Å². The van der Waals surface area contributed by atoms with Gasteiger partial charge in [-0.1, -0.05) is 29.3 Å². The zero-order valence-corrected chi connectivity index (χ0v) is 17.6. The first-order valence-corrected chi connectivity index (χ1v) is 10.4. The van der Waals surface area contributed by atoms with Crippen LogP contribution in [0.5, 0.6) is 0 Å². The van der Waals surface area contributed by atoms with E-state index in [0.29, 0.717) is 22.2 Å². The standard InChI is InChI=1S/C21H20Cl2N4O3/c22-17-4-3-15-16(13-5-7-24-25-11-13)10-18(26-21(15)20(17)23)27-8-1-2-14(27)12-30-9-6-19(28)29/h3-5,7,10-11,14H,1-2,6,8-9,12H2,(H,28,29)/t14-/m0/s1. The maximum Gasteiger partial charge on any atom is 0.305 e. The molecule has 0 bridgehead atoms. The van der Waals surface area contributed by atoms with Crippen LogP contribution >= 0.6 is 23.2 Å². The summed E-state index contributed by atoms with van der Waals surface area (Å²) in [6, 6.07) is 7.71. The predicted molar refractivity (Wildman–Crippen MR) is 116 cm³/mol. The molecule has 0 unspecified atom stereocenters. The Balaban J connectivity index is 1.71. The monoisotopic (exact) mass is 446 g/mol. The minimum atomic E-state index is -0.864. The lowest BCUT2D eigenvalue weighted by Crippen LogP contribution is -2.34. The highest BCUT2D eigenvalue weighted by Crippen LogP contribution is 2.38. The molecular weight excluding hydrogens is 427 g/mol. The second kappa shape index (κ2) is 9.12. The molecule has 1 N–H and O–H groups in total. The van der Waals surface area contributed by atoms with E-state index in [-0.39, 0.29) is 19.1 Å². The van der Waals surface area contributed by atoms with Crippen LogP contribution in [-0.4, -0.2) is 52.1 Å². The fraction of sp³-hybridized carbons (Fsp3) is 0.333. The van der Waals surface area contributed by atoms with Crippen molar-refractivity contribution in [1.82, 2.24) is 15.2 Å². The summed E-state index contributed by atoms with van der Waals surface area (Å²) in [4.78, 5) is 17.7. The molecule has 0 saturated carbocycles. The van der Waals surface area contributed by atoms with Crippen molar-refractivity contribution in [3.05, 3.63) is 46.7 Å². The largest absolute Gasteiger partial charge is 0.481 e. The first-order valence-electron chi connectivity index (χ1n) is 9.66. The summed E-state index contributed by atoms with van der Waals surface area (Å²) in [6.45, 7) is 1.47. The molecule has 156 valence electrons. The number of hydrogen-bond acceptors (Lipinski definition) is 6. The molecule has 0 radical (unpaired) electrons. The molecule has 0 spiro atoms. The Bertz CT molecular complexity index is 1070. The summed E-state index contributed by atoms with van der Waals surface area (Å²) in [6.07, 6.45) is 5.30. The van der Waals surface area contributed by atoms with Crippen LogP contribution in [-0.2, 0) is 9.53 Å². The highest BCUT2D eigenvalue weighted by Gasteiger charge is 2.27. The van der Waals surface area contributed by atoms with Crippen molar-refractivity contribution < 1.29 is 14.6 Å². The molecule has 1 atom stereocenters. The molecule has 7 nitrogen and oxygen atoms in total. The van der Waals surface area contributed by atoms with Crippen LogP contribution < -0.4 is 4.90 Å². The molecule has 1 fully saturated rings. The first kappa shape index (κ1) is 20.8. The van der Waals surface area contributed by atoms with Crippen LogP contribution in [0.3, 0.4) is 0 Å². The number of hydrogen-bond donors (Lipinski definition) is 1. The van der Waals surface area contributed by atoms with Gasteiger partial charge in [0.1, 0.15) is 5.82 Å². The van der Waals surface area contributed by atoms with E-state index in [1.54, 1.807) is 18.5 Å². The van der Waals surface area contributed by atoms with Crippen LogP contribution in [0.15, 0.2) is 36.7 Å². The summed E-state index contributed by atoms with van der Waals surface area (Å²) in [5.74, 6) is -0.0839. The van der Waals surface area contributed by atoms with Gasteiger partial charge in [-0.2, -0.15) is 10.2 Å². The van der Waals surface area contributed by atoms with Gasteiger partial charge in [0, 0.05) is 17.5 Å². The predicted octanol–water partition coefficient (Wildman–Crippen LogP) is 4.46. The molecule has 4 rings (SSSR count). The van der Waals surface area contributed by atoms with E-state index >= 15 is 0 Å². The van der Waals surface area contributed by atoms with Crippen molar-refractivity contribution in [2.75, 3.05) is 24.7 Å². The van der Waals surface area contributed by atoms with E-state index < -0.39 is 5.97 Å². The summed E-state index contributed by atoms with van der Waals surface area (Å²) in [5.41, 5.74) is 2.48. The second-order valence-electron chi connectivity index (χ2n) is 7.12. The SMILES string of the molecule is O=C(O)CCOC[C@@H]1CCCN1c1cc(-c2ccnnc2)c2ccc(Cl)c(Cl)c2n1. The summed E-state index contributed by atoms with van der Waals surface area (Å²) < 4.78 is 5.61. The minimum Gasteiger partial charge on any atom is -0.481 e. The number of nitrogens with zero attached hydrogens (tertiary/aromatic N) is 4. The van der Waals surface area contributed by atoms with Crippen LogP contribution in [0.2, 0.25) is 10.0 Å². The number of pyridine rings is 1. The number of aliphatic carboxylic acids is 1. The third-order valence-electron chi connectivity index (χ3n) is 5.20. The third-order valence-corrected chi connectivity index (χ3v) is 5.99. The van der Waals surface area contributed by atoms with Gasteiger partial charge in [0.05, 0.1) is 53.6 Å². The second-order valence-corrected chi connectivity index (χ2v) is 7.91. The Morgan fingerprint density at radius 2 is 2.13 bits per heavy atom. The van der Waals surface area contributed by atoms with Crippen molar-refractivity contribution in [3.8, 4) is 11.1 Å². The fourth-order valence-corrected chi connectivity index (χ4v) is 4.11. The van der Waals surface area contributed by atoms with Crippen LogP contribution in [0.1, 0.15) is 19.3 Å². The number of aromatic nitrogens is 3. The smallest absolute Gasteiger partial charge is 0.305 e. The van der Waals surface area contributed by atoms with Gasteiger partial charge < -0.3 is 14.7 Å². The molecule has 3 aromatic rings. The molecule has 1 saturated heterocycles. The molecule has 3 heterocycles. The lowest BCUT2D eigenvalue weighted by Gasteiger charge is -2.27. The zero-order chi connectivity index (χ0) is 21.1. The van der Waals surface area contributed by atoms with Gasteiger partial charge in [-0.25, -0.2) is 4.98 Å². The first-order chi connectivity index (χ1) is 14.5. The maximum absolute atomic E-state index is 10.7. The Hall–Kier alpha value is -2.48. The number of carboxylic acids is 1. The quantitative estimate of drug-likeness (QED) is 0.535. The number of ether oxygens (including phenoxy) is 1. The summed E-state index contributed by atoms with van der Waals surface area (Å²) >= 11 is 12.8. The van der Waals surface area contributed by atoms with Gasteiger partial charge in [0.25, 0.3) is 0 Å². The Morgan fingerprint density at radius 3 is 2.90 bits per heavy atom. The number of benzene rings is 1. The average Bonchev–Trinajstić information content (AvgIpc) is 3.22. The summed E-state index contributed by atoms with van der Waals surface area (Å²) in [5, 5.41) is 18.4. The number of fused-ring (bicyclic) bond motifs is 1. The van der Waals surface area contributed by atoms with E-state index in [1.807, 2.05) is 18.2 Å². The summed E-state index contributed by atoms with van der Waals surface area (Å²) in [7, 11) is 0. The van der Waals surface area contributed by atoms with Crippen molar-refractivity contribution in [2.24, 2.45) is 0 Å².